The van der Waals surface area contributed by atoms with E-state index in [1.54, 1.807) is 23.0 Å². The molecule has 1 aliphatic heterocycles. The van der Waals surface area contributed by atoms with Crippen molar-refractivity contribution in [2.45, 2.75) is 75.9 Å². The Morgan fingerprint density at radius 2 is 2.10 bits per heavy atom. The molecule has 0 bridgehead atoms. The first-order chi connectivity index (χ1) is 20.4. The Balaban J connectivity index is 1.34. The lowest BCUT2D eigenvalue weighted by molar-refractivity contribution is 0.117. The molecule has 4 aromatic rings. The summed E-state index contributed by atoms with van der Waals surface area (Å²) in [4.78, 5) is 13.3. The van der Waals surface area contributed by atoms with E-state index in [0.717, 1.165) is 74.8 Å². The van der Waals surface area contributed by atoms with Crippen LogP contribution in [0.1, 0.15) is 78.5 Å². The van der Waals surface area contributed by atoms with Crippen molar-refractivity contribution in [3.8, 4) is 41.6 Å². The molecule has 10 nitrogen and oxygen atoms in total. The molecule has 0 unspecified atom stereocenters. The van der Waals surface area contributed by atoms with Crippen LogP contribution in [0, 0.1) is 23.7 Å². The predicted octanol–water partition coefficient (Wildman–Crippen LogP) is 4.63. The number of nitrogens with zero attached hydrogens (tertiary/aromatic N) is 7. The van der Waals surface area contributed by atoms with E-state index in [0.29, 0.717) is 45.5 Å². The fraction of sp³-hybridized carbons (Fsp3) is 0.452. The lowest BCUT2D eigenvalue weighted by Gasteiger charge is -2.39. The number of terminal acetylenes is 1. The first-order valence-corrected chi connectivity index (χ1v) is 15.3. The molecular formula is C31H32N8O2S. The normalized spacial score (nSPS) is 22.3. The van der Waals surface area contributed by atoms with Gasteiger partial charge in [-0.25, -0.2) is 9.67 Å². The molecule has 1 saturated heterocycles. The number of nitrogens with two attached hydrogens (primary N) is 1. The van der Waals surface area contributed by atoms with Gasteiger partial charge in [-0.05, 0) is 89.4 Å². The summed E-state index contributed by atoms with van der Waals surface area (Å²) < 4.78 is 14.3. The minimum atomic E-state index is -0.423. The van der Waals surface area contributed by atoms with Gasteiger partial charge < -0.3 is 15.0 Å². The molecule has 1 spiro atoms. The highest BCUT2D eigenvalue weighted by atomic mass is 32.1. The van der Waals surface area contributed by atoms with Crippen LogP contribution < -0.4 is 10.5 Å². The number of likely N-dealkylation sites (tertiary alicyclic amines) is 1. The predicted molar refractivity (Wildman–Crippen MR) is 158 cm³/mol. The lowest BCUT2D eigenvalue weighted by atomic mass is 9.63. The Bertz CT molecular complexity index is 1750. The highest BCUT2D eigenvalue weighted by molar-refractivity contribution is 7.16. The maximum Gasteiger partial charge on any atom is 0.219 e. The van der Waals surface area contributed by atoms with Gasteiger partial charge >= 0.3 is 0 Å². The van der Waals surface area contributed by atoms with E-state index < -0.39 is 5.41 Å². The Labute approximate surface area is 248 Å². The molecule has 42 heavy (non-hydrogen) atoms. The molecule has 214 valence electrons. The van der Waals surface area contributed by atoms with Crippen LogP contribution in [-0.2, 0) is 18.3 Å². The lowest BCUT2D eigenvalue weighted by Crippen LogP contribution is -2.38. The zero-order valence-corrected chi connectivity index (χ0v) is 24.6. The molecule has 0 aromatic carbocycles. The average molecular weight is 581 g/mol. The SMILES string of the molecule is C#Cc1ccn(-c2cc(O[C@@H](C)[C@@H]3CCCN3C)nc(-c3noc4c3CCC[C@@]43CCCc4sc(N)c(C#N)c43)n2)n1. The third kappa shape index (κ3) is 4.19. The van der Waals surface area contributed by atoms with Gasteiger partial charge in [0.15, 0.2) is 23.1 Å². The van der Waals surface area contributed by atoms with E-state index in [9.17, 15) is 5.26 Å². The number of nitrogen functional groups attached to an aromatic ring is 1. The van der Waals surface area contributed by atoms with Gasteiger partial charge in [0.05, 0.1) is 11.0 Å². The molecule has 2 N–H and O–H groups in total. The molecule has 11 heteroatoms. The highest BCUT2D eigenvalue weighted by Gasteiger charge is 2.48. The summed E-state index contributed by atoms with van der Waals surface area (Å²) in [6.07, 6.45) is 14.9. The molecule has 3 atom stereocenters. The van der Waals surface area contributed by atoms with E-state index in [4.69, 9.17) is 31.4 Å². The number of hydrogen-bond donors (Lipinski definition) is 1. The zero-order valence-electron chi connectivity index (χ0n) is 23.8. The van der Waals surface area contributed by atoms with Crippen molar-refractivity contribution >= 4 is 16.3 Å². The molecule has 4 aromatic heterocycles. The Morgan fingerprint density at radius 3 is 2.83 bits per heavy atom. The molecule has 3 aliphatic rings. The zero-order chi connectivity index (χ0) is 29.0. The second-order valence-electron chi connectivity index (χ2n) is 11.6. The van der Waals surface area contributed by atoms with Crippen molar-refractivity contribution in [1.29, 1.82) is 5.26 Å². The van der Waals surface area contributed by atoms with Crippen LogP contribution in [0.4, 0.5) is 5.00 Å². The first-order valence-electron chi connectivity index (χ1n) is 14.5. The van der Waals surface area contributed by atoms with Gasteiger partial charge in [-0.3, -0.25) is 4.90 Å². The topological polar surface area (TPSA) is 132 Å². The number of nitriles is 1. The van der Waals surface area contributed by atoms with E-state index in [-0.39, 0.29) is 6.10 Å². The minimum absolute atomic E-state index is 0.0735. The van der Waals surface area contributed by atoms with Crippen LogP contribution >= 0.6 is 11.3 Å². The van der Waals surface area contributed by atoms with Gasteiger partial charge in [0.25, 0.3) is 0 Å². The number of thiophene rings is 1. The maximum absolute atomic E-state index is 10.0. The number of ether oxygens (including phenoxy) is 1. The molecule has 5 heterocycles. The number of hydrogen-bond acceptors (Lipinski definition) is 10. The summed E-state index contributed by atoms with van der Waals surface area (Å²) in [6, 6.07) is 6.24. The summed E-state index contributed by atoms with van der Waals surface area (Å²) >= 11 is 1.53. The van der Waals surface area contributed by atoms with E-state index in [1.807, 2.05) is 0 Å². The van der Waals surface area contributed by atoms with E-state index in [1.165, 1.54) is 16.2 Å². The van der Waals surface area contributed by atoms with Crippen LogP contribution in [0.3, 0.4) is 0 Å². The average Bonchev–Trinajstić information content (AvgIpc) is 3.78. The largest absolute Gasteiger partial charge is 0.473 e. The van der Waals surface area contributed by atoms with Crippen molar-refractivity contribution in [2.75, 3.05) is 19.3 Å². The van der Waals surface area contributed by atoms with Crippen LogP contribution in [0.2, 0.25) is 0 Å². The standard InChI is InChI=1S/C31H32N8O2S/c1-4-19-11-15-39(36-19)24-16-25(40-18(2)22-9-7-14-38(22)3)35-30(34-24)27-20-8-5-12-31(28(20)41-37-27)13-6-10-23-26(31)21(17-32)29(33)42-23/h1,11,15-16,18,22H,5-10,12-14,33H2,2-3H3/t18-,22-,31-/m0/s1. The molecular weight excluding hydrogens is 548 g/mol. The molecule has 0 saturated carbocycles. The summed E-state index contributed by atoms with van der Waals surface area (Å²) in [5, 5.41) is 19.7. The van der Waals surface area contributed by atoms with Crippen LogP contribution in [0.25, 0.3) is 17.3 Å². The quantitative estimate of drug-likeness (QED) is 0.336. The Hall–Kier alpha value is -4.19. The molecule has 1 fully saturated rings. The van der Waals surface area contributed by atoms with Crippen molar-refractivity contribution in [1.82, 2.24) is 29.8 Å². The van der Waals surface area contributed by atoms with Crippen LogP contribution in [-0.4, -0.2) is 55.5 Å². The molecule has 2 aliphatic carbocycles. The summed E-state index contributed by atoms with van der Waals surface area (Å²) in [5.74, 6) is 4.77. The Kier molecular flexibility index (Phi) is 6.52. The number of likely N-dealkylation sites (N-methyl/N-ethyl adjacent to an activating group) is 1. The number of anilines is 1. The monoisotopic (exact) mass is 580 g/mol. The van der Waals surface area contributed by atoms with Gasteiger partial charge in [0.1, 0.15) is 22.9 Å². The molecule has 0 radical (unpaired) electrons. The van der Waals surface area contributed by atoms with Crippen molar-refractivity contribution in [3.63, 3.8) is 0 Å². The summed E-state index contributed by atoms with van der Waals surface area (Å²) in [7, 11) is 2.13. The molecule has 0 amide bonds. The second kappa shape index (κ2) is 10.3. The van der Waals surface area contributed by atoms with Crippen LogP contribution in [0.5, 0.6) is 5.88 Å². The summed E-state index contributed by atoms with van der Waals surface area (Å²) in [6.45, 7) is 3.14. The second-order valence-corrected chi connectivity index (χ2v) is 12.7. The number of fused-ring (bicyclic) bond motifs is 4. The van der Waals surface area contributed by atoms with Gasteiger partial charge in [0.2, 0.25) is 5.88 Å². The first kappa shape index (κ1) is 26.7. The van der Waals surface area contributed by atoms with Crippen molar-refractivity contribution in [3.05, 3.63) is 51.4 Å². The van der Waals surface area contributed by atoms with E-state index >= 15 is 0 Å². The number of aromatic nitrogens is 5. The van der Waals surface area contributed by atoms with Crippen molar-refractivity contribution in [2.24, 2.45) is 0 Å². The van der Waals surface area contributed by atoms with Gasteiger partial charge in [-0.15, -0.1) is 17.8 Å². The minimum Gasteiger partial charge on any atom is -0.473 e. The van der Waals surface area contributed by atoms with E-state index in [2.05, 4.69) is 41.1 Å². The van der Waals surface area contributed by atoms with Gasteiger partial charge in [0, 0.05) is 28.7 Å². The fourth-order valence-corrected chi connectivity index (χ4v) is 8.40. The van der Waals surface area contributed by atoms with Gasteiger partial charge in [-0.2, -0.15) is 15.3 Å². The highest BCUT2D eigenvalue weighted by Crippen LogP contribution is 2.55. The molecule has 7 rings (SSSR count). The van der Waals surface area contributed by atoms with Crippen molar-refractivity contribution < 1.29 is 9.26 Å². The number of aryl methyl sites for hydroxylation is 1. The summed E-state index contributed by atoms with van der Waals surface area (Å²) in [5.41, 5.74) is 9.62. The maximum atomic E-state index is 10.0. The van der Waals surface area contributed by atoms with Gasteiger partial charge in [-0.1, -0.05) is 5.16 Å². The third-order valence-electron chi connectivity index (χ3n) is 9.16. The number of rotatable bonds is 5. The van der Waals surface area contributed by atoms with Crippen LogP contribution in [0.15, 0.2) is 22.9 Å². The fourth-order valence-electron chi connectivity index (χ4n) is 7.24. The third-order valence-corrected chi connectivity index (χ3v) is 10.2. The Morgan fingerprint density at radius 1 is 1.26 bits per heavy atom. The smallest absolute Gasteiger partial charge is 0.219 e.